The maximum absolute atomic E-state index is 13.0. The van der Waals surface area contributed by atoms with Crippen LogP contribution in [0, 0.1) is 0 Å². The zero-order valence-corrected chi connectivity index (χ0v) is 18.4. The first kappa shape index (κ1) is 20.7. The van der Waals surface area contributed by atoms with Crippen molar-refractivity contribution >= 4 is 35.5 Å². The number of fused-ring (bicyclic) bond motifs is 1. The van der Waals surface area contributed by atoms with Gasteiger partial charge in [0.2, 0.25) is 11.9 Å². The summed E-state index contributed by atoms with van der Waals surface area (Å²) in [6, 6.07) is 0.865. The molecule has 10 nitrogen and oxygen atoms in total. The molecule has 0 radical (unpaired) electrons. The molecule has 4 heterocycles. The van der Waals surface area contributed by atoms with E-state index in [4.69, 9.17) is 4.99 Å². The van der Waals surface area contributed by atoms with Gasteiger partial charge in [0, 0.05) is 45.3 Å². The minimum absolute atomic E-state index is 0.236. The van der Waals surface area contributed by atoms with Crippen molar-refractivity contribution in [2.24, 2.45) is 4.99 Å². The molecule has 11 heteroatoms. The van der Waals surface area contributed by atoms with Gasteiger partial charge in [-0.25, -0.2) is 19.7 Å². The van der Waals surface area contributed by atoms with Crippen molar-refractivity contribution in [3.63, 3.8) is 0 Å². The zero-order chi connectivity index (χ0) is 21.3. The number of imide groups is 1. The molecule has 0 bridgehead atoms. The highest BCUT2D eigenvalue weighted by atomic mass is 32.2. The van der Waals surface area contributed by atoms with Crippen LogP contribution in [-0.2, 0) is 4.79 Å². The number of guanidine groups is 1. The Labute approximate surface area is 180 Å². The number of hydrogen-bond acceptors (Lipinski definition) is 6. The lowest BCUT2D eigenvalue weighted by Gasteiger charge is -2.33. The van der Waals surface area contributed by atoms with Gasteiger partial charge in [-0.05, 0) is 12.6 Å². The lowest BCUT2D eigenvalue weighted by Crippen LogP contribution is -2.63. The molecule has 0 spiro atoms. The molecule has 4 rings (SSSR count). The Hall–Kier alpha value is -2.53. The fourth-order valence-electron chi connectivity index (χ4n) is 3.93. The van der Waals surface area contributed by atoms with Crippen molar-refractivity contribution in [3.8, 4) is 0 Å². The van der Waals surface area contributed by atoms with E-state index in [1.54, 1.807) is 37.3 Å². The summed E-state index contributed by atoms with van der Waals surface area (Å²) in [5.74, 6) is 1.76. The van der Waals surface area contributed by atoms with Crippen LogP contribution in [0.2, 0.25) is 0 Å². The summed E-state index contributed by atoms with van der Waals surface area (Å²) in [6.07, 6.45) is 3.44. The van der Waals surface area contributed by atoms with Crippen LogP contribution in [0.3, 0.4) is 0 Å². The van der Waals surface area contributed by atoms with Crippen molar-refractivity contribution in [1.29, 1.82) is 0 Å². The van der Waals surface area contributed by atoms with Crippen LogP contribution in [0.5, 0.6) is 0 Å². The van der Waals surface area contributed by atoms with Crippen LogP contribution in [0.25, 0.3) is 0 Å². The molecule has 1 aromatic rings. The van der Waals surface area contributed by atoms with Crippen molar-refractivity contribution in [3.05, 3.63) is 18.5 Å². The summed E-state index contributed by atoms with van der Waals surface area (Å²) in [5.41, 5.74) is 0. The molecule has 1 aromatic heterocycles. The molecule has 2 fully saturated rings. The molecular formula is C19H27N8O2S+. The molecule has 0 N–H and O–H groups in total. The quantitative estimate of drug-likeness (QED) is 0.365. The number of amides is 3. The molecule has 0 aliphatic carbocycles. The van der Waals surface area contributed by atoms with Crippen LogP contribution in [-0.4, -0.2) is 123 Å². The van der Waals surface area contributed by atoms with E-state index in [-0.39, 0.29) is 11.9 Å². The highest BCUT2D eigenvalue weighted by molar-refractivity contribution is 7.99. The number of urea groups is 1. The van der Waals surface area contributed by atoms with Gasteiger partial charge in [0.15, 0.2) is 5.16 Å². The van der Waals surface area contributed by atoms with Gasteiger partial charge in [-0.2, -0.15) is 0 Å². The highest BCUT2D eigenvalue weighted by Gasteiger charge is 2.55. The number of carbonyl (C=O) groups excluding carboxylic acids is 2. The SMILES string of the molecule is CCN1CC[N+](=C2N=C3C(C(=O)N(C)C(=O)N3C)N2CCSc2ncccn2)CC1. The minimum Gasteiger partial charge on any atom is -0.297 e. The number of aliphatic imine (C=N–C) groups is 1. The van der Waals surface area contributed by atoms with E-state index < -0.39 is 6.04 Å². The number of carbonyl (C=O) groups is 2. The molecule has 1 unspecified atom stereocenters. The third-order valence-corrected chi connectivity index (χ3v) is 6.57. The highest BCUT2D eigenvalue weighted by Crippen LogP contribution is 2.24. The third-order valence-electron chi connectivity index (χ3n) is 5.72. The molecule has 0 aromatic carbocycles. The minimum atomic E-state index is -0.575. The maximum atomic E-state index is 13.0. The van der Waals surface area contributed by atoms with Crippen molar-refractivity contribution < 1.29 is 14.2 Å². The van der Waals surface area contributed by atoms with Crippen LogP contribution >= 0.6 is 11.8 Å². The average molecular weight is 432 g/mol. The number of hydrogen-bond donors (Lipinski definition) is 0. The molecule has 3 aliphatic rings. The Morgan fingerprint density at radius 3 is 2.50 bits per heavy atom. The number of nitrogens with zero attached hydrogens (tertiary/aromatic N) is 8. The second-order valence-electron chi connectivity index (χ2n) is 7.41. The normalized spacial score (nSPS) is 22.7. The fourth-order valence-corrected chi connectivity index (χ4v) is 4.67. The van der Waals surface area contributed by atoms with Gasteiger partial charge in [0.05, 0.1) is 19.6 Å². The zero-order valence-electron chi connectivity index (χ0n) is 17.6. The fraction of sp³-hybridized carbons (Fsp3) is 0.579. The predicted octanol–water partition coefficient (Wildman–Crippen LogP) is -0.121. The van der Waals surface area contributed by atoms with Gasteiger partial charge >= 0.3 is 12.0 Å². The molecule has 0 saturated carbocycles. The number of likely N-dealkylation sites (N-methyl/N-ethyl adjacent to an activating group) is 3. The molecule has 3 aliphatic heterocycles. The van der Waals surface area contributed by atoms with E-state index in [9.17, 15) is 9.59 Å². The van der Waals surface area contributed by atoms with Crippen LogP contribution in [0.1, 0.15) is 6.92 Å². The van der Waals surface area contributed by atoms with Gasteiger partial charge in [0.1, 0.15) is 0 Å². The summed E-state index contributed by atoms with van der Waals surface area (Å²) in [6.45, 7) is 7.40. The first-order chi connectivity index (χ1) is 14.5. The number of thioether (sulfide) groups is 1. The Morgan fingerprint density at radius 1 is 1.13 bits per heavy atom. The van der Waals surface area contributed by atoms with Crippen molar-refractivity contribution in [2.75, 3.05) is 59.1 Å². The second kappa shape index (κ2) is 8.68. The molecular weight excluding hydrogens is 404 g/mol. The van der Waals surface area contributed by atoms with E-state index in [2.05, 4.69) is 26.4 Å². The standard InChI is InChI=1S/C19H27N8O2S/c1-4-25-8-10-26(11-9-25)18-22-15-14(16(28)24(3)19(29)23(15)2)27(18)12-13-30-17-20-6-5-7-21-17/h5-7,14H,4,8-13H2,1-3H3/q+1. The predicted molar refractivity (Wildman–Crippen MR) is 114 cm³/mol. The Morgan fingerprint density at radius 2 is 1.83 bits per heavy atom. The number of aromatic nitrogens is 2. The first-order valence-corrected chi connectivity index (χ1v) is 11.1. The van der Waals surface area contributed by atoms with Crippen LogP contribution < -0.4 is 0 Å². The van der Waals surface area contributed by atoms with Gasteiger partial charge in [-0.3, -0.25) is 24.1 Å². The van der Waals surface area contributed by atoms with Crippen LogP contribution in [0.4, 0.5) is 4.79 Å². The number of amidine groups is 1. The monoisotopic (exact) mass is 431 g/mol. The van der Waals surface area contributed by atoms with E-state index in [0.29, 0.717) is 23.3 Å². The van der Waals surface area contributed by atoms with Crippen molar-refractivity contribution in [1.82, 2.24) is 29.6 Å². The largest absolute Gasteiger partial charge is 0.392 e. The number of piperazine rings is 1. The molecule has 1 atom stereocenters. The van der Waals surface area contributed by atoms with E-state index in [0.717, 1.165) is 38.7 Å². The van der Waals surface area contributed by atoms with Crippen molar-refractivity contribution in [2.45, 2.75) is 18.1 Å². The van der Waals surface area contributed by atoms with E-state index in [1.165, 1.54) is 16.8 Å². The summed E-state index contributed by atoms with van der Waals surface area (Å²) < 4.78 is 2.23. The summed E-state index contributed by atoms with van der Waals surface area (Å²) >= 11 is 1.54. The smallest absolute Gasteiger partial charge is 0.297 e. The van der Waals surface area contributed by atoms with Gasteiger partial charge in [-0.1, -0.05) is 23.7 Å². The average Bonchev–Trinajstić information content (AvgIpc) is 3.16. The molecule has 160 valence electrons. The Kier molecular flexibility index (Phi) is 6.00. The first-order valence-electron chi connectivity index (χ1n) is 10.2. The summed E-state index contributed by atoms with van der Waals surface area (Å²) in [5, 5.41) is 0.704. The Balaban J connectivity index is 1.60. The molecule has 30 heavy (non-hydrogen) atoms. The van der Waals surface area contributed by atoms with Gasteiger partial charge in [0.25, 0.3) is 5.91 Å². The van der Waals surface area contributed by atoms with Crippen LogP contribution in [0.15, 0.2) is 28.6 Å². The number of rotatable bonds is 5. The topological polar surface area (TPSA) is 88.3 Å². The Bertz CT molecular complexity index is 880. The third kappa shape index (κ3) is 3.79. The molecule has 2 saturated heterocycles. The molecule has 3 amide bonds. The summed E-state index contributed by atoms with van der Waals surface area (Å²) in [7, 11) is 3.21. The van der Waals surface area contributed by atoms with E-state index in [1.807, 2.05) is 4.90 Å². The second-order valence-corrected chi connectivity index (χ2v) is 8.47. The van der Waals surface area contributed by atoms with E-state index >= 15 is 0 Å². The summed E-state index contributed by atoms with van der Waals surface area (Å²) in [4.78, 5) is 45.9. The lowest BCUT2D eigenvalue weighted by molar-refractivity contribution is -0.544. The van der Waals surface area contributed by atoms with Gasteiger partial charge in [-0.15, -0.1) is 0 Å². The van der Waals surface area contributed by atoms with Gasteiger partial charge < -0.3 is 0 Å². The lowest BCUT2D eigenvalue weighted by atomic mass is 10.1. The maximum Gasteiger partial charge on any atom is 0.392 e.